The minimum atomic E-state index is -1.35. The topological polar surface area (TPSA) is 63.5 Å². The fraction of sp³-hybridized carbons (Fsp3) is 0.417. The number of nitro groups is 1. The van der Waals surface area contributed by atoms with Gasteiger partial charge in [-0.05, 0) is 26.8 Å². The summed E-state index contributed by atoms with van der Waals surface area (Å²) >= 11 is 0. The number of nitro benzene ring substituents is 1. The minimum absolute atomic E-state index is 0.204. The highest BCUT2D eigenvalue weighted by molar-refractivity contribution is 5.98. The zero-order valence-electron chi connectivity index (χ0n) is 10.8. The van der Waals surface area contributed by atoms with Crippen LogP contribution in [0.3, 0.4) is 0 Å². The molecule has 1 rings (SSSR count). The van der Waals surface area contributed by atoms with Gasteiger partial charge in [0, 0.05) is 12.6 Å². The molecule has 0 radical (unpaired) electrons. The van der Waals surface area contributed by atoms with Crippen molar-refractivity contribution in [2.24, 2.45) is 0 Å². The molecule has 0 aliphatic heterocycles. The van der Waals surface area contributed by atoms with Crippen LogP contribution < -0.4 is 0 Å². The molecule has 0 aromatic heterocycles. The Hall–Kier alpha value is -2.05. The van der Waals surface area contributed by atoms with Crippen LogP contribution in [0.25, 0.3) is 0 Å². The van der Waals surface area contributed by atoms with Crippen LogP contribution in [0.2, 0.25) is 0 Å². The van der Waals surface area contributed by atoms with Crippen molar-refractivity contribution in [3.8, 4) is 0 Å². The molecule has 0 fully saturated rings. The maximum Gasteiger partial charge on any atom is 0.285 e. The molecule has 0 aliphatic rings. The van der Waals surface area contributed by atoms with Gasteiger partial charge in [-0.15, -0.1) is 0 Å². The number of hydrogen-bond donors (Lipinski definition) is 0. The van der Waals surface area contributed by atoms with Gasteiger partial charge in [0.15, 0.2) is 11.6 Å². The lowest BCUT2D eigenvalue weighted by Crippen LogP contribution is -2.37. The third-order valence-corrected chi connectivity index (χ3v) is 2.69. The molecule has 0 saturated heterocycles. The van der Waals surface area contributed by atoms with Crippen LogP contribution in [0.15, 0.2) is 12.1 Å². The molecule has 104 valence electrons. The summed E-state index contributed by atoms with van der Waals surface area (Å²) in [6.45, 7) is 5.47. The Balaban J connectivity index is 3.36. The number of hydrogen-bond acceptors (Lipinski definition) is 3. The Morgan fingerprint density at radius 2 is 1.89 bits per heavy atom. The summed E-state index contributed by atoms with van der Waals surface area (Å²) in [6, 6.07) is 0.794. The molecule has 1 amide bonds. The quantitative estimate of drug-likeness (QED) is 0.625. The smallest absolute Gasteiger partial charge is 0.285 e. The Morgan fingerprint density at radius 3 is 2.32 bits per heavy atom. The van der Waals surface area contributed by atoms with E-state index in [1.54, 1.807) is 20.8 Å². The summed E-state index contributed by atoms with van der Waals surface area (Å²) in [7, 11) is 0. The molecular formula is C12H14F2N2O3. The second-order valence-corrected chi connectivity index (χ2v) is 4.23. The average Bonchev–Trinajstić information content (AvgIpc) is 2.31. The highest BCUT2D eigenvalue weighted by Crippen LogP contribution is 2.24. The number of halogens is 2. The van der Waals surface area contributed by atoms with Crippen molar-refractivity contribution < 1.29 is 18.5 Å². The lowest BCUT2D eigenvalue weighted by Gasteiger charge is -2.25. The van der Waals surface area contributed by atoms with Gasteiger partial charge < -0.3 is 4.90 Å². The van der Waals surface area contributed by atoms with E-state index < -0.39 is 33.7 Å². The summed E-state index contributed by atoms with van der Waals surface area (Å²) in [5.41, 5.74) is -1.18. The summed E-state index contributed by atoms with van der Waals surface area (Å²) in [5.74, 6) is -3.33. The standard InChI is InChI=1S/C12H14F2N2O3/c1-4-15(7(2)3)12(17)8-5-9(13)10(14)6-11(8)16(18)19/h5-7H,4H2,1-3H3. The van der Waals surface area contributed by atoms with Crippen LogP contribution in [0.1, 0.15) is 31.1 Å². The van der Waals surface area contributed by atoms with E-state index in [2.05, 4.69) is 0 Å². The average molecular weight is 272 g/mol. The van der Waals surface area contributed by atoms with Crippen molar-refractivity contribution in [2.45, 2.75) is 26.8 Å². The first kappa shape index (κ1) is 15.0. The minimum Gasteiger partial charge on any atom is -0.336 e. The van der Waals surface area contributed by atoms with Gasteiger partial charge in [-0.1, -0.05) is 0 Å². The monoisotopic (exact) mass is 272 g/mol. The fourth-order valence-corrected chi connectivity index (χ4v) is 1.76. The van der Waals surface area contributed by atoms with Crippen molar-refractivity contribution in [1.82, 2.24) is 4.90 Å². The van der Waals surface area contributed by atoms with Crippen molar-refractivity contribution in [2.75, 3.05) is 6.54 Å². The molecule has 0 unspecified atom stereocenters. The predicted octanol–water partition coefficient (Wildman–Crippen LogP) is 2.74. The third kappa shape index (κ3) is 3.04. The van der Waals surface area contributed by atoms with Crippen LogP contribution in [0, 0.1) is 21.7 Å². The lowest BCUT2D eigenvalue weighted by atomic mass is 10.1. The first-order chi connectivity index (χ1) is 8.79. The summed E-state index contributed by atoms with van der Waals surface area (Å²) in [5, 5.41) is 10.8. The van der Waals surface area contributed by atoms with Gasteiger partial charge in [-0.3, -0.25) is 14.9 Å². The molecule has 0 saturated carbocycles. The van der Waals surface area contributed by atoms with E-state index in [4.69, 9.17) is 0 Å². The lowest BCUT2D eigenvalue weighted by molar-refractivity contribution is -0.385. The zero-order chi connectivity index (χ0) is 14.7. The largest absolute Gasteiger partial charge is 0.336 e. The van der Waals surface area contributed by atoms with Gasteiger partial charge in [0.05, 0.1) is 11.0 Å². The van der Waals surface area contributed by atoms with Gasteiger partial charge in [0.2, 0.25) is 0 Å². The first-order valence-corrected chi connectivity index (χ1v) is 5.74. The normalized spacial score (nSPS) is 10.6. The van der Waals surface area contributed by atoms with E-state index >= 15 is 0 Å². The molecule has 0 heterocycles. The maximum atomic E-state index is 13.2. The molecule has 1 aromatic carbocycles. The number of carbonyl (C=O) groups is 1. The molecule has 0 atom stereocenters. The highest BCUT2D eigenvalue weighted by atomic mass is 19.2. The Labute approximate surface area is 109 Å². The fourth-order valence-electron chi connectivity index (χ4n) is 1.76. The maximum absolute atomic E-state index is 13.2. The van der Waals surface area contributed by atoms with E-state index in [1.807, 2.05) is 0 Å². The second kappa shape index (κ2) is 5.73. The molecule has 5 nitrogen and oxygen atoms in total. The Kier molecular flexibility index (Phi) is 4.52. The molecule has 0 spiro atoms. The first-order valence-electron chi connectivity index (χ1n) is 5.74. The third-order valence-electron chi connectivity index (χ3n) is 2.69. The summed E-state index contributed by atoms with van der Waals surface area (Å²) in [4.78, 5) is 23.4. The Morgan fingerprint density at radius 1 is 1.37 bits per heavy atom. The van der Waals surface area contributed by atoms with Crippen LogP contribution in [-0.4, -0.2) is 28.3 Å². The number of rotatable bonds is 4. The SMILES string of the molecule is CCN(C(=O)c1cc(F)c(F)cc1[N+](=O)[O-])C(C)C. The van der Waals surface area contributed by atoms with Gasteiger partial charge in [-0.25, -0.2) is 8.78 Å². The van der Waals surface area contributed by atoms with Crippen LogP contribution in [-0.2, 0) is 0 Å². The van der Waals surface area contributed by atoms with E-state index in [0.717, 1.165) is 0 Å². The van der Waals surface area contributed by atoms with Crippen molar-refractivity contribution >= 4 is 11.6 Å². The summed E-state index contributed by atoms with van der Waals surface area (Å²) < 4.78 is 26.2. The molecule has 0 aliphatic carbocycles. The molecule has 19 heavy (non-hydrogen) atoms. The van der Waals surface area contributed by atoms with Crippen LogP contribution in [0.4, 0.5) is 14.5 Å². The highest BCUT2D eigenvalue weighted by Gasteiger charge is 2.27. The van der Waals surface area contributed by atoms with Gasteiger partial charge >= 0.3 is 0 Å². The molecule has 0 N–H and O–H groups in total. The second-order valence-electron chi connectivity index (χ2n) is 4.23. The van der Waals surface area contributed by atoms with E-state index in [-0.39, 0.29) is 6.04 Å². The van der Waals surface area contributed by atoms with Crippen LogP contribution >= 0.6 is 0 Å². The van der Waals surface area contributed by atoms with Crippen LogP contribution in [0.5, 0.6) is 0 Å². The Bertz CT molecular complexity index is 518. The molecular weight excluding hydrogens is 258 g/mol. The van der Waals surface area contributed by atoms with E-state index in [0.29, 0.717) is 18.7 Å². The zero-order valence-corrected chi connectivity index (χ0v) is 10.8. The summed E-state index contributed by atoms with van der Waals surface area (Å²) in [6.07, 6.45) is 0. The number of nitrogens with zero attached hydrogens (tertiary/aromatic N) is 2. The van der Waals surface area contributed by atoms with Crippen molar-refractivity contribution in [3.05, 3.63) is 39.4 Å². The van der Waals surface area contributed by atoms with Crippen molar-refractivity contribution in [3.63, 3.8) is 0 Å². The van der Waals surface area contributed by atoms with Crippen molar-refractivity contribution in [1.29, 1.82) is 0 Å². The predicted molar refractivity (Wildman–Crippen MR) is 64.9 cm³/mol. The molecule has 1 aromatic rings. The van der Waals surface area contributed by atoms with Gasteiger partial charge in [0.25, 0.3) is 11.6 Å². The van der Waals surface area contributed by atoms with Gasteiger partial charge in [-0.2, -0.15) is 0 Å². The number of carbonyl (C=O) groups excluding carboxylic acids is 1. The number of amides is 1. The molecule has 0 bridgehead atoms. The molecule has 7 heteroatoms. The van der Waals surface area contributed by atoms with E-state index in [1.165, 1.54) is 4.90 Å². The number of benzene rings is 1. The van der Waals surface area contributed by atoms with E-state index in [9.17, 15) is 23.7 Å². The van der Waals surface area contributed by atoms with Gasteiger partial charge in [0.1, 0.15) is 5.56 Å².